The second-order valence-corrected chi connectivity index (χ2v) is 11.2. The number of amides is 1. The maximum atomic E-state index is 13.6. The molecule has 0 spiro atoms. The quantitative estimate of drug-likeness (QED) is 0.528. The lowest BCUT2D eigenvalue weighted by molar-refractivity contribution is -0.122. The van der Waals surface area contributed by atoms with Crippen LogP contribution < -0.4 is 10.1 Å². The molecule has 1 saturated carbocycles. The van der Waals surface area contributed by atoms with Gasteiger partial charge in [-0.15, -0.1) is 0 Å². The smallest absolute Gasteiger partial charge is 0.243 e. The van der Waals surface area contributed by atoms with Crippen LogP contribution >= 0.6 is 0 Å². The average molecular weight is 487 g/mol. The van der Waals surface area contributed by atoms with Gasteiger partial charge in [-0.3, -0.25) is 4.79 Å². The fraction of sp³-hybridized carbons (Fsp3) is 0.519. The number of benzene rings is 2. The maximum absolute atomic E-state index is 13.6. The summed E-state index contributed by atoms with van der Waals surface area (Å²) < 4.78 is 34.1. The molecule has 0 bridgehead atoms. The van der Waals surface area contributed by atoms with Crippen LogP contribution in [0.25, 0.3) is 0 Å². The Kier molecular flexibility index (Phi) is 8.77. The minimum atomic E-state index is -3.83. The lowest BCUT2D eigenvalue weighted by Crippen LogP contribution is -2.47. The number of nitrogens with one attached hydrogen (secondary N) is 1. The van der Waals surface area contributed by atoms with Crippen LogP contribution in [-0.2, 0) is 14.8 Å². The molecule has 2 aromatic rings. The lowest BCUT2D eigenvalue weighted by Gasteiger charge is -2.33. The Morgan fingerprint density at radius 2 is 1.65 bits per heavy atom. The highest BCUT2D eigenvalue weighted by molar-refractivity contribution is 7.89. The van der Waals surface area contributed by atoms with Gasteiger partial charge in [-0.2, -0.15) is 4.31 Å². The van der Waals surface area contributed by atoms with Gasteiger partial charge in [0.2, 0.25) is 15.9 Å². The van der Waals surface area contributed by atoms with Crippen molar-refractivity contribution in [2.24, 2.45) is 0 Å². The molecule has 6 nitrogen and oxygen atoms in total. The molecule has 1 N–H and O–H groups in total. The number of hydrogen-bond donors (Lipinski definition) is 1. The van der Waals surface area contributed by atoms with Crippen LogP contribution in [0.3, 0.4) is 0 Å². The highest BCUT2D eigenvalue weighted by atomic mass is 32.2. The van der Waals surface area contributed by atoms with Gasteiger partial charge in [0.1, 0.15) is 5.75 Å². The lowest BCUT2D eigenvalue weighted by atomic mass is 9.95. The SMILES string of the molecule is CCOc1ccc(S(=O)(=O)N(CC(=O)NC(C)c2cc(C)c(C)cc2C)C2CCCCC2)cc1. The van der Waals surface area contributed by atoms with Crippen molar-refractivity contribution in [1.29, 1.82) is 0 Å². The van der Waals surface area contributed by atoms with E-state index >= 15 is 0 Å². The van der Waals surface area contributed by atoms with Gasteiger partial charge in [0, 0.05) is 6.04 Å². The summed E-state index contributed by atoms with van der Waals surface area (Å²) in [6.45, 7) is 10.3. The molecular formula is C27H38N2O4S. The average Bonchev–Trinajstić information content (AvgIpc) is 2.81. The Balaban J connectivity index is 1.82. The van der Waals surface area contributed by atoms with Crippen molar-refractivity contribution in [3.05, 3.63) is 58.7 Å². The summed E-state index contributed by atoms with van der Waals surface area (Å²) in [6, 6.07) is 10.3. The van der Waals surface area contributed by atoms with E-state index in [0.717, 1.165) is 43.2 Å². The van der Waals surface area contributed by atoms with E-state index in [-0.39, 0.29) is 29.4 Å². The van der Waals surface area contributed by atoms with Crippen LogP contribution in [0.1, 0.15) is 74.2 Å². The fourth-order valence-electron chi connectivity index (χ4n) is 4.75. The number of rotatable bonds is 9. The molecule has 7 heteroatoms. The van der Waals surface area contributed by atoms with E-state index in [1.54, 1.807) is 24.3 Å². The van der Waals surface area contributed by atoms with Gasteiger partial charge in [-0.05, 0) is 94.0 Å². The zero-order valence-electron chi connectivity index (χ0n) is 21.1. The van der Waals surface area contributed by atoms with Crippen LogP contribution in [-0.4, -0.2) is 37.8 Å². The van der Waals surface area contributed by atoms with Gasteiger partial charge in [-0.25, -0.2) is 8.42 Å². The molecule has 1 unspecified atom stereocenters. The predicted octanol–water partition coefficient (Wildman–Crippen LogP) is 5.21. The van der Waals surface area contributed by atoms with Crippen molar-refractivity contribution < 1.29 is 17.9 Å². The number of ether oxygens (including phenoxy) is 1. The van der Waals surface area contributed by atoms with Crippen molar-refractivity contribution in [2.45, 2.75) is 83.7 Å². The maximum Gasteiger partial charge on any atom is 0.243 e. The van der Waals surface area contributed by atoms with Crippen molar-refractivity contribution in [3.63, 3.8) is 0 Å². The third kappa shape index (κ3) is 6.19. The second-order valence-electron chi connectivity index (χ2n) is 9.33. The van der Waals surface area contributed by atoms with Crippen molar-refractivity contribution in [1.82, 2.24) is 9.62 Å². The van der Waals surface area contributed by atoms with E-state index in [4.69, 9.17) is 4.74 Å². The first kappa shape index (κ1) is 26.2. The second kappa shape index (κ2) is 11.4. The van der Waals surface area contributed by atoms with Crippen molar-refractivity contribution >= 4 is 15.9 Å². The monoisotopic (exact) mass is 486 g/mol. The largest absolute Gasteiger partial charge is 0.494 e. The molecule has 0 aromatic heterocycles. The van der Waals surface area contributed by atoms with E-state index < -0.39 is 10.0 Å². The van der Waals surface area contributed by atoms with E-state index in [1.807, 2.05) is 20.8 Å². The van der Waals surface area contributed by atoms with E-state index in [1.165, 1.54) is 15.4 Å². The third-order valence-corrected chi connectivity index (χ3v) is 8.66. The van der Waals surface area contributed by atoms with Gasteiger partial charge >= 0.3 is 0 Å². The van der Waals surface area contributed by atoms with Crippen LogP contribution in [0.2, 0.25) is 0 Å². The number of carbonyl (C=O) groups excluding carboxylic acids is 1. The Hall–Kier alpha value is -2.38. The van der Waals surface area contributed by atoms with E-state index in [2.05, 4.69) is 31.3 Å². The number of nitrogens with zero attached hydrogens (tertiary/aromatic N) is 1. The Morgan fingerprint density at radius 1 is 1.03 bits per heavy atom. The van der Waals surface area contributed by atoms with Gasteiger partial charge in [0.25, 0.3) is 0 Å². The molecule has 0 aliphatic heterocycles. The summed E-state index contributed by atoms with van der Waals surface area (Å²) in [5.74, 6) is 0.339. The first-order valence-corrected chi connectivity index (χ1v) is 13.7. The summed E-state index contributed by atoms with van der Waals surface area (Å²) >= 11 is 0. The normalized spacial score (nSPS) is 15.8. The Labute approximate surface area is 204 Å². The van der Waals surface area contributed by atoms with Crippen LogP contribution in [0.15, 0.2) is 41.3 Å². The summed E-state index contributed by atoms with van der Waals surface area (Å²) in [7, 11) is -3.83. The third-order valence-electron chi connectivity index (χ3n) is 6.75. The molecule has 3 rings (SSSR count). The van der Waals surface area contributed by atoms with Crippen molar-refractivity contribution in [3.8, 4) is 5.75 Å². The van der Waals surface area contributed by atoms with Gasteiger partial charge in [-0.1, -0.05) is 31.4 Å². The fourth-order valence-corrected chi connectivity index (χ4v) is 6.39. The minimum Gasteiger partial charge on any atom is -0.494 e. The molecule has 0 radical (unpaired) electrons. The molecule has 0 saturated heterocycles. The molecule has 0 heterocycles. The zero-order valence-corrected chi connectivity index (χ0v) is 21.9. The molecule has 34 heavy (non-hydrogen) atoms. The number of hydrogen-bond acceptors (Lipinski definition) is 4. The molecule has 1 amide bonds. The van der Waals surface area contributed by atoms with Gasteiger partial charge < -0.3 is 10.1 Å². The highest BCUT2D eigenvalue weighted by Crippen LogP contribution is 2.29. The Morgan fingerprint density at radius 3 is 2.26 bits per heavy atom. The molecule has 1 aliphatic carbocycles. The van der Waals surface area contributed by atoms with Gasteiger partial charge in [0.05, 0.1) is 24.1 Å². The predicted molar refractivity (Wildman–Crippen MR) is 136 cm³/mol. The summed E-state index contributed by atoms with van der Waals surface area (Å²) in [5.41, 5.74) is 4.55. The van der Waals surface area contributed by atoms with Crippen LogP contribution in [0.5, 0.6) is 5.75 Å². The summed E-state index contributed by atoms with van der Waals surface area (Å²) in [4.78, 5) is 13.3. The first-order chi connectivity index (χ1) is 16.1. The number of sulfonamides is 1. The van der Waals surface area contributed by atoms with Crippen molar-refractivity contribution in [2.75, 3.05) is 13.2 Å². The van der Waals surface area contributed by atoms with Crippen LogP contribution in [0, 0.1) is 20.8 Å². The topological polar surface area (TPSA) is 75.7 Å². The Bertz CT molecular complexity index is 1090. The van der Waals surface area contributed by atoms with Gasteiger partial charge in [0.15, 0.2) is 0 Å². The zero-order chi connectivity index (χ0) is 24.9. The molecule has 2 aromatic carbocycles. The first-order valence-electron chi connectivity index (χ1n) is 12.2. The summed E-state index contributed by atoms with van der Waals surface area (Å²) in [6.07, 6.45) is 4.59. The minimum absolute atomic E-state index is 0.172. The number of aryl methyl sites for hydroxylation is 3. The molecular weight excluding hydrogens is 448 g/mol. The van der Waals surface area contributed by atoms with E-state index in [0.29, 0.717) is 12.4 Å². The standard InChI is InChI=1S/C27H38N2O4S/c1-6-33-24-12-14-25(15-13-24)34(31,32)29(23-10-8-7-9-11-23)18-27(30)28-22(5)26-17-20(3)19(2)16-21(26)4/h12-17,22-23H,6-11,18H2,1-5H3,(H,28,30). The molecule has 186 valence electrons. The van der Waals surface area contributed by atoms with E-state index in [9.17, 15) is 13.2 Å². The summed E-state index contributed by atoms with van der Waals surface area (Å²) in [5, 5.41) is 3.04. The molecule has 1 fully saturated rings. The highest BCUT2D eigenvalue weighted by Gasteiger charge is 2.34. The number of carbonyl (C=O) groups is 1. The van der Waals surface area contributed by atoms with Crippen LogP contribution in [0.4, 0.5) is 0 Å². The molecule has 1 aliphatic rings. The molecule has 1 atom stereocenters.